The summed E-state index contributed by atoms with van der Waals surface area (Å²) in [7, 11) is 0. The Hall–Kier alpha value is -2.43. The van der Waals surface area contributed by atoms with E-state index in [0.29, 0.717) is 18.9 Å². The molecule has 0 radical (unpaired) electrons. The lowest BCUT2D eigenvalue weighted by Crippen LogP contribution is -2.14. The molecule has 0 unspecified atom stereocenters. The van der Waals surface area contributed by atoms with E-state index in [-0.39, 0.29) is 0 Å². The van der Waals surface area contributed by atoms with Gasteiger partial charge in [-0.15, -0.1) is 0 Å². The SMILES string of the molecule is NCCNc1nc(C=Cc2ccc(Cl)cc2)nc2ccccc12. The van der Waals surface area contributed by atoms with Gasteiger partial charge < -0.3 is 11.1 Å². The van der Waals surface area contributed by atoms with Gasteiger partial charge in [-0.05, 0) is 35.9 Å². The molecule has 0 amide bonds. The first-order chi connectivity index (χ1) is 11.3. The quantitative estimate of drug-likeness (QED) is 0.748. The highest BCUT2D eigenvalue weighted by molar-refractivity contribution is 6.30. The number of anilines is 1. The number of nitrogens with zero attached hydrogens (tertiary/aromatic N) is 2. The van der Waals surface area contributed by atoms with Gasteiger partial charge in [0.05, 0.1) is 5.52 Å². The molecule has 0 atom stereocenters. The van der Waals surface area contributed by atoms with Crippen molar-refractivity contribution in [3.63, 3.8) is 0 Å². The van der Waals surface area contributed by atoms with E-state index < -0.39 is 0 Å². The number of nitrogens with one attached hydrogen (secondary N) is 1. The second-order valence-electron chi connectivity index (χ2n) is 5.05. The molecule has 3 rings (SSSR count). The van der Waals surface area contributed by atoms with Gasteiger partial charge >= 0.3 is 0 Å². The van der Waals surface area contributed by atoms with Crippen molar-refractivity contribution >= 4 is 40.5 Å². The Bertz CT molecular complexity index is 828. The molecule has 3 aromatic rings. The fourth-order valence-electron chi connectivity index (χ4n) is 2.24. The number of hydrogen-bond donors (Lipinski definition) is 2. The first-order valence-electron chi connectivity index (χ1n) is 7.40. The molecule has 0 aliphatic rings. The average molecular weight is 325 g/mol. The van der Waals surface area contributed by atoms with Gasteiger partial charge in [-0.25, -0.2) is 9.97 Å². The minimum atomic E-state index is 0.550. The Morgan fingerprint density at radius 3 is 2.57 bits per heavy atom. The number of rotatable bonds is 5. The summed E-state index contributed by atoms with van der Waals surface area (Å²) in [5.74, 6) is 1.45. The molecular weight excluding hydrogens is 308 g/mol. The van der Waals surface area contributed by atoms with Crippen molar-refractivity contribution in [2.24, 2.45) is 5.73 Å². The summed E-state index contributed by atoms with van der Waals surface area (Å²) in [6, 6.07) is 15.5. The number of aromatic nitrogens is 2. The molecule has 1 aromatic heterocycles. The summed E-state index contributed by atoms with van der Waals surface area (Å²) in [4.78, 5) is 9.16. The van der Waals surface area contributed by atoms with Gasteiger partial charge in [0.1, 0.15) is 5.82 Å². The highest BCUT2D eigenvalue weighted by Crippen LogP contribution is 2.21. The van der Waals surface area contributed by atoms with Crippen LogP contribution in [0.1, 0.15) is 11.4 Å². The van der Waals surface area contributed by atoms with E-state index in [1.807, 2.05) is 60.7 Å². The maximum Gasteiger partial charge on any atom is 0.154 e. The molecular formula is C18H17ClN4. The molecule has 0 saturated heterocycles. The van der Waals surface area contributed by atoms with Gasteiger partial charge in [-0.2, -0.15) is 0 Å². The normalized spacial score (nSPS) is 11.2. The second-order valence-corrected chi connectivity index (χ2v) is 5.48. The van der Waals surface area contributed by atoms with Crippen LogP contribution in [-0.2, 0) is 0 Å². The number of benzene rings is 2. The molecule has 3 N–H and O–H groups in total. The Morgan fingerprint density at radius 1 is 1.00 bits per heavy atom. The zero-order valence-electron chi connectivity index (χ0n) is 12.5. The van der Waals surface area contributed by atoms with Crippen LogP contribution < -0.4 is 11.1 Å². The van der Waals surface area contributed by atoms with Crippen LogP contribution in [0.15, 0.2) is 48.5 Å². The zero-order valence-corrected chi connectivity index (χ0v) is 13.3. The van der Waals surface area contributed by atoms with Crippen molar-refractivity contribution in [2.75, 3.05) is 18.4 Å². The second kappa shape index (κ2) is 7.22. The predicted octanol–water partition coefficient (Wildman–Crippen LogP) is 3.82. The summed E-state index contributed by atoms with van der Waals surface area (Å²) >= 11 is 5.90. The van der Waals surface area contributed by atoms with Gasteiger partial charge in [0.25, 0.3) is 0 Å². The molecule has 0 saturated carbocycles. The fourth-order valence-corrected chi connectivity index (χ4v) is 2.37. The summed E-state index contributed by atoms with van der Waals surface area (Å²) in [6.45, 7) is 1.22. The topological polar surface area (TPSA) is 63.8 Å². The minimum Gasteiger partial charge on any atom is -0.368 e. The van der Waals surface area contributed by atoms with Gasteiger partial charge in [0, 0.05) is 23.5 Å². The van der Waals surface area contributed by atoms with Crippen LogP contribution in [0.3, 0.4) is 0 Å². The maximum atomic E-state index is 5.90. The molecule has 2 aromatic carbocycles. The molecule has 0 spiro atoms. The minimum absolute atomic E-state index is 0.550. The summed E-state index contributed by atoms with van der Waals surface area (Å²) in [5.41, 5.74) is 7.52. The van der Waals surface area contributed by atoms with Crippen molar-refractivity contribution in [1.82, 2.24) is 9.97 Å². The highest BCUT2D eigenvalue weighted by Gasteiger charge is 2.05. The molecule has 23 heavy (non-hydrogen) atoms. The van der Waals surface area contributed by atoms with E-state index in [4.69, 9.17) is 17.3 Å². The van der Waals surface area contributed by atoms with Gasteiger partial charge in [0.2, 0.25) is 0 Å². The molecule has 1 heterocycles. The molecule has 5 heteroatoms. The smallest absolute Gasteiger partial charge is 0.154 e. The predicted molar refractivity (Wildman–Crippen MR) is 97.5 cm³/mol. The number of fused-ring (bicyclic) bond motifs is 1. The monoisotopic (exact) mass is 324 g/mol. The Kier molecular flexibility index (Phi) is 4.86. The van der Waals surface area contributed by atoms with Crippen molar-refractivity contribution in [2.45, 2.75) is 0 Å². The number of nitrogens with two attached hydrogens (primary N) is 1. The molecule has 0 bridgehead atoms. The maximum absolute atomic E-state index is 5.90. The molecule has 4 nitrogen and oxygen atoms in total. The average Bonchev–Trinajstić information content (AvgIpc) is 2.59. The molecule has 116 valence electrons. The zero-order chi connectivity index (χ0) is 16.1. The van der Waals surface area contributed by atoms with Crippen LogP contribution >= 0.6 is 11.6 Å². The van der Waals surface area contributed by atoms with E-state index >= 15 is 0 Å². The summed E-state index contributed by atoms with van der Waals surface area (Å²) in [5, 5.41) is 4.97. The van der Waals surface area contributed by atoms with E-state index in [1.165, 1.54) is 0 Å². The van der Waals surface area contributed by atoms with E-state index in [0.717, 1.165) is 27.3 Å². The lowest BCUT2D eigenvalue weighted by molar-refractivity contribution is 1.01. The van der Waals surface area contributed by atoms with Crippen LogP contribution in [0.25, 0.3) is 23.1 Å². The summed E-state index contributed by atoms with van der Waals surface area (Å²) in [6.07, 6.45) is 3.86. The lowest BCUT2D eigenvalue weighted by Gasteiger charge is -2.08. The highest BCUT2D eigenvalue weighted by atomic mass is 35.5. The van der Waals surface area contributed by atoms with Crippen molar-refractivity contribution < 1.29 is 0 Å². The first-order valence-corrected chi connectivity index (χ1v) is 7.78. The van der Waals surface area contributed by atoms with Crippen LogP contribution in [0.2, 0.25) is 5.02 Å². The van der Waals surface area contributed by atoms with Crippen LogP contribution in [-0.4, -0.2) is 23.1 Å². The Labute approximate surface area is 140 Å². The van der Waals surface area contributed by atoms with Gasteiger partial charge in [-0.1, -0.05) is 41.9 Å². The molecule has 0 aliphatic heterocycles. The van der Waals surface area contributed by atoms with E-state index in [9.17, 15) is 0 Å². The van der Waals surface area contributed by atoms with Gasteiger partial charge in [-0.3, -0.25) is 0 Å². The number of halogens is 1. The van der Waals surface area contributed by atoms with Crippen LogP contribution in [0.5, 0.6) is 0 Å². The third-order valence-electron chi connectivity index (χ3n) is 3.35. The lowest BCUT2D eigenvalue weighted by atomic mass is 10.2. The molecule has 0 fully saturated rings. The van der Waals surface area contributed by atoms with Crippen molar-refractivity contribution in [1.29, 1.82) is 0 Å². The molecule has 0 aliphatic carbocycles. The Balaban J connectivity index is 1.95. The van der Waals surface area contributed by atoms with Crippen molar-refractivity contribution in [3.8, 4) is 0 Å². The third kappa shape index (κ3) is 3.86. The Morgan fingerprint density at radius 2 is 1.78 bits per heavy atom. The van der Waals surface area contributed by atoms with E-state index in [1.54, 1.807) is 0 Å². The van der Waals surface area contributed by atoms with Crippen LogP contribution in [0, 0.1) is 0 Å². The number of hydrogen-bond acceptors (Lipinski definition) is 4. The van der Waals surface area contributed by atoms with Crippen molar-refractivity contribution in [3.05, 3.63) is 64.9 Å². The first kappa shape index (κ1) is 15.5. The van der Waals surface area contributed by atoms with E-state index in [2.05, 4.69) is 15.3 Å². The van der Waals surface area contributed by atoms with Crippen LogP contribution in [0.4, 0.5) is 5.82 Å². The largest absolute Gasteiger partial charge is 0.368 e. The van der Waals surface area contributed by atoms with Gasteiger partial charge in [0.15, 0.2) is 5.82 Å². The standard InChI is InChI=1S/C18H17ClN4/c19-14-8-5-13(6-9-14)7-10-17-22-16-4-2-1-3-15(16)18(23-17)21-12-11-20/h1-10H,11-12,20H2,(H,21,22,23). The number of para-hydroxylation sites is 1. The fraction of sp³-hybridized carbons (Fsp3) is 0.111. The summed E-state index contributed by atoms with van der Waals surface area (Å²) < 4.78 is 0. The third-order valence-corrected chi connectivity index (χ3v) is 3.60.